The van der Waals surface area contributed by atoms with Crippen molar-refractivity contribution in [1.29, 1.82) is 0 Å². The number of benzene rings is 2. The van der Waals surface area contributed by atoms with Gasteiger partial charge in [0.1, 0.15) is 12.4 Å². The molecule has 4 heterocycles. The number of amides is 1. The number of hydrogen-bond acceptors (Lipinski definition) is 9. The van der Waals surface area contributed by atoms with E-state index in [1.165, 1.54) is 18.2 Å². The minimum atomic E-state index is -4.14. The molecule has 1 saturated carbocycles. The third-order valence-corrected chi connectivity index (χ3v) is 9.24. The van der Waals surface area contributed by atoms with Gasteiger partial charge < -0.3 is 14.2 Å². The third-order valence-electron chi connectivity index (χ3n) is 7.92. The number of nitrogens with zero attached hydrogens (tertiary/aromatic N) is 7. The molecule has 13 heteroatoms. The van der Waals surface area contributed by atoms with Crippen LogP contribution < -0.4 is 9.46 Å². The van der Waals surface area contributed by atoms with Gasteiger partial charge in [0.2, 0.25) is 11.8 Å². The molecule has 4 bridgehead atoms. The van der Waals surface area contributed by atoms with E-state index >= 15 is 0 Å². The average Bonchev–Trinajstić information content (AvgIpc) is 3.79. The lowest BCUT2D eigenvalue weighted by Gasteiger charge is -2.22. The van der Waals surface area contributed by atoms with Crippen molar-refractivity contribution < 1.29 is 17.9 Å². The summed E-state index contributed by atoms with van der Waals surface area (Å²) in [5, 5.41) is 0. The molecule has 1 amide bonds. The fourth-order valence-electron chi connectivity index (χ4n) is 5.54. The maximum Gasteiger partial charge on any atom is 0.264 e. The highest BCUT2D eigenvalue weighted by atomic mass is 32.2. The predicted molar refractivity (Wildman–Crippen MR) is 163 cm³/mol. The summed E-state index contributed by atoms with van der Waals surface area (Å²) in [4.78, 5) is 38.2. The summed E-state index contributed by atoms with van der Waals surface area (Å²) >= 11 is 0. The molecular formula is C31H30N8O4S. The normalized spacial score (nSPS) is 16.4. The van der Waals surface area contributed by atoms with Crippen molar-refractivity contribution in [1.82, 2.24) is 34.4 Å². The molecule has 0 saturated heterocycles. The minimum absolute atomic E-state index is 0.0882. The molecule has 224 valence electrons. The lowest BCUT2D eigenvalue weighted by Crippen LogP contribution is -2.34. The fraction of sp³-hybridized carbons (Fsp3) is 0.290. The van der Waals surface area contributed by atoms with Gasteiger partial charge in [-0.05, 0) is 56.0 Å². The zero-order chi connectivity index (χ0) is 30.6. The van der Waals surface area contributed by atoms with Crippen LogP contribution in [0.5, 0.6) is 5.88 Å². The number of sulfonamides is 1. The molecule has 7 rings (SSSR count). The highest BCUT2D eigenvalue weighted by Gasteiger charge is 2.30. The van der Waals surface area contributed by atoms with E-state index in [1.807, 2.05) is 43.7 Å². The number of carbonyl (C=O) groups is 1. The third kappa shape index (κ3) is 5.23. The van der Waals surface area contributed by atoms with Gasteiger partial charge in [0.05, 0.1) is 35.6 Å². The molecule has 1 aliphatic heterocycles. The summed E-state index contributed by atoms with van der Waals surface area (Å²) < 4.78 is 37.4. The van der Waals surface area contributed by atoms with Crippen molar-refractivity contribution in [2.75, 3.05) is 17.9 Å². The molecular weight excluding hydrogens is 580 g/mol. The molecule has 1 N–H and O–H groups in total. The summed E-state index contributed by atoms with van der Waals surface area (Å²) in [5.74, 6) is 1.09. The van der Waals surface area contributed by atoms with Crippen LogP contribution in [-0.4, -0.2) is 61.9 Å². The fourth-order valence-corrected chi connectivity index (χ4v) is 6.53. The first-order valence-electron chi connectivity index (χ1n) is 14.3. The molecule has 2 aliphatic rings. The Labute approximate surface area is 254 Å². The number of anilines is 1. The lowest BCUT2D eigenvalue weighted by molar-refractivity contribution is 0.0712. The SMILES string of the molecule is Cc1cccc(C)c1-c1cc2nc(n1)NS(=O)(=O)c1cccc(c1)C(=O)N(Cc1cnc3nc(C4CC4)n(C)c3n1)CCO2. The zero-order valence-corrected chi connectivity index (χ0v) is 25.3. The zero-order valence-electron chi connectivity index (χ0n) is 24.5. The van der Waals surface area contributed by atoms with Crippen molar-refractivity contribution in [3.63, 3.8) is 0 Å². The average molecular weight is 611 g/mol. The summed E-state index contributed by atoms with van der Waals surface area (Å²) in [6, 6.07) is 13.5. The van der Waals surface area contributed by atoms with Crippen molar-refractivity contribution >= 4 is 33.2 Å². The Morgan fingerprint density at radius 2 is 1.77 bits per heavy atom. The van der Waals surface area contributed by atoms with E-state index in [4.69, 9.17) is 9.72 Å². The maximum absolute atomic E-state index is 13.8. The van der Waals surface area contributed by atoms with Gasteiger partial charge in [0.15, 0.2) is 11.3 Å². The van der Waals surface area contributed by atoms with Crippen LogP contribution in [0.15, 0.2) is 59.6 Å². The monoisotopic (exact) mass is 610 g/mol. The molecule has 0 spiro atoms. The molecule has 3 aromatic heterocycles. The van der Waals surface area contributed by atoms with Gasteiger partial charge in [0, 0.05) is 30.2 Å². The molecule has 44 heavy (non-hydrogen) atoms. The number of imidazole rings is 1. The summed E-state index contributed by atoms with van der Waals surface area (Å²) in [7, 11) is -2.21. The topological polar surface area (TPSA) is 145 Å². The Morgan fingerprint density at radius 1 is 1.00 bits per heavy atom. The van der Waals surface area contributed by atoms with E-state index in [-0.39, 0.29) is 47.9 Å². The minimum Gasteiger partial charge on any atom is -0.476 e. The highest BCUT2D eigenvalue weighted by Crippen LogP contribution is 2.39. The van der Waals surface area contributed by atoms with E-state index in [1.54, 1.807) is 23.2 Å². The number of fused-ring (bicyclic) bond motifs is 5. The van der Waals surface area contributed by atoms with E-state index in [0.717, 1.165) is 35.4 Å². The van der Waals surface area contributed by atoms with Gasteiger partial charge in [-0.15, -0.1) is 0 Å². The van der Waals surface area contributed by atoms with Crippen LogP contribution in [0.2, 0.25) is 0 Å². The smallest absolute Gasteiger partial charge is 0.264 e. The Morgan fingerprint density at radius 3 is 2.55 bits per heavy atom. The van der Waals surface area contributed by atoms with E-state index < -0.39 is 10.0 Å². The van der Waals surface area contributed by atoms with Gasteiger partial charge >= 0.3 is 0 Å². The van der Waals surface area contributed by atoms with Crippen molar-refractivity contribution in [3.05, 3.63) is 82.9 Å². The molecule has 0 atom stereocenters. The number of nitrogens with one attached hydrogen (secondary N) is 1. The number of aromatic nitrogens is 6. The van der Waals surface area contributed by atoms with Gasteiger partial charge in [0.25, 0.3) is 15.9 Å². The Hall–Kier alpha value is -4.91. The number of aryl methyl sites for hydroxylation is 3. The predicted octanol–water partition coefficient (Wildman–Crippen LogP) is 4.15. The second-order valence-corrected chi connectivity index (χ2v) is 12.9. The quantitative estimate of drug-likeness (QED) is 0.317. The van der Waals surface area contributed by atoms with Gasteiger partial charge in [-0.25, -0.2) is 33.1 Å². The van der Waals surface area contributed by atoms with E-state index in [9.17, 15) is 13.2 Å². The van der Waals surface area contributed by atoms with Gasteiger partial charge in [-0.3, -0.25) is 4.79 Å². The Bertz CT molecular complexity index is 2040. The van der Waals surface area contributed by atoms with Crippen molar-refractivity contribution in [2.24, 2.45) is 7.05 Å². The highest BCUT2D eigenvalue weighted by molar-refractivity contribution is 7.92. The molecule has 0 unspecified atom stereocenters. The van der Waals surface area contributed by atoms with Crippen LogP contribution in [0, 0.1) is 13.8 Å². The molecule has 5 aromatic rings. The largest absolute Gasteiger partial charge is 0.476 e. The number of rotatable bonds is 4. The van der Waals surface area contributed by atoms with Crippen LogP contribution in [0.1, 0.15) is 51.8 Å². The standard InChI is InChI=1S/C31H30N8O4S/c1-18-6-4-7-19(2)26(18)24-15-25-35-31(34-24)37-44(41,42)23-9-5-8-21(14-23)30(40)39(12-13-43-25)17-22-16-32-27-29(33-22)38(3)28(36-27)20-10-11-20/h4-9,14-16,20H,10-13,17H2,1-3H3,(H,34,35,37). The molecule has 1 aliphatic carbocycles. The number of carbonyl (C=O) groups excluding carboxylic acids is 1. The first-order chi connectivity index (χ1) is 21.2. The molecule has 1 fully saturated rings. The Balaban J connectivity index is 1.27. The van der Waals surface area contributed by atoms with Gasteiger partial charge in [-0.2, -0.15) is 4.98 Å². The number of hydrogen-bond donors (Lipinski definition) is 1. The maximum atomic E-state index is 13.8. The summed E-state index contributed by atoms with van der Waals surface area (Å²) in [6.07, 6.45) is 3.84. The van der Waals surface area contributed by atoms with Gasteiger partial charge in [-0.1, -0.05) is 24.3 Å². The Kier molecular flexibility index (Phi) is 6.76. The van der Waals surface area contributed by atoms with Crippen LogP contribution in [-0.2, 0) is 23.6 Å². The van der Waals surface area contributed by atoms with Crippen molar-refractivity contribution in [2.45, 2.75) is 44.0 Å². The van der Waals surface area contributed by atoms with Crippen LogP contribution >= 0.6 is 0 Å². The molecule has 2 aromatic carbocycles. The molecule has 12 nitrogen and oxygen atoms in total. The molecule has 0 radical (unpaired) electrons. The lowest BCUT2D eigenvalue weighted by atomic mass is 10.00. The first kappa shape index (κ1) is 27.9. The van der Waals surface area contributed by atoms with E-state index in [2.05, 4.69) is 24.7 Å². The van der Waals surface area contributed by atoms with Crippen LogP contribution in [0.25, 0.3) is 22.6 Å². The second-order valence-electron chi connectivity index (χ2n) is 11.2. The first-order valence-corrected chi connectivity index (χ1v) is 15.8. The van der Waals surface area contributed by atoms with Crippen LogP contribution in [0.3, 0.4) is 0 Å². The summed E-state index contributed by atoms with van der Waals surface area (Å²) in [6.45, 7) is 4.33. The van der Waals surface area contributed by atoms with E-state index in [0.29, 0.717) is 28.6 Å². The number of ether oxygens (including phenoxy) is 1. The van der Waals surface area contributed by atoms with Crippen LogP contribution in [0.4, 0.5) is 5.95 Å². The summed E-state index contributed by atoms with van der Waals surface area (Å²) in [5.41, 5.74) is 5.34. The second kappa shape index (κ2) is 10.7. The van der Waals surface area contributed by atoms with Crippen molar-refractivity contribution in [3.8, 4) is 17.1 Å².